The van der Waals surface area contributed by atoms with Crippen LogP contribution in [0.5, 0.6) is 11.5 Å². The van der Waals surface area contributed by atoms with Crippen LogP contribution in [0.3, 0.4) is 0 Å². The van der Waals surface area contributed by atoms with Crippen molar-refractivity contribution in [3.05, 3.63) is 60.7 Å². The minimum absolute atomic E-state index is 0.203. The number of anilines is 1. The van der Waals surface area contributed by atoms with Crippen molar-refractivity contribution in [2.75, 3.05) is 18.9 Å². The highest BCUT2D eigenvalue weighted by molar-refractivity contribution is 7.93. The molecule has 0 atom stereocenters. The molecule has 0 aliphatic rings. The number of hydrogen-bond acceptors (Lipinski definition) is 4. The zero-order valence-corrected chi connectivity index (χ0v) is 14.1. The van der Waals surface area contributed by atoms with Gasteiger partial charge in [-0.1, -0.05) is 24.3 Å². The van der Waals surface area contributed by atoms with Gasteiger partial charge in [0.05, 0.1) is 19.1 Å². The van der Waals surface area contributed by atoms with Crippen LogP contribution in [0.4, 0.5) is 5.69 Å². The average Bonchev–Trinajstić information content (AvgIpc) is 2.61. The first-order valence-electron chi connectivity index (χ1n) is 7.28. The van der Waals surface area contributed by atoms with Crippen LogP contribution in [0.25, 0.3) is 10.8 Å². The molecule has 6 heteroatoms. The molecular formula is C18H17NO4S. The molecule has 1 N–H and O–H groups in total. The Morgan fingerprint density at radius 1 is 0.792 bits per heavy atom. The molecule has 0 saturated heterocycles. The quantitative estimate of drug-likeness (QED) is 0.768. The van der Waals surface area contributed by atoms with Crippen LogP contribution in [-0.2, 0) is 10.0 Å². The van der Waals surface area contributed by atoms with Crippen LogP contribution >= 0.6 is 0 Å². The Hall–Kier alpha value is -2.73. The molecule has 0 heterocycles. The number of sulfonamides is 1. The Balaban J connectivity index is 2.05. The highest BCUT2D eigenvalue weighted by atomic mass is 32.2. The molecule has 0 fully saturated rings. The fourth-order valence-electron chi connectivity index (χ4n) is 2.53. The normalized spacial score (nSPS) is 11.2. The lowest BCUT2D eigenvalue weighted by Gasteiger charge is -2.13. The summed E-state index contributed by atoms with van der Waals surface area (Å²) in [5, 5.41) is 1.36. The summed E-state index contributed by atoms with van der Waals surface area (Å²) >= 11 is 0. The second kappa shape index (κ2) is 6.41. The lowest BCUT2D eigenvalue weighted by Crippen LogP contribution is -2.13. The summed E-state index contributed by atoms with van der Waals surface area (Å²) in [6.45, 7) is 0. The van der Waals surface area contributed by atoms with Gasteiger partial charge in [-0.25, -0.2) is 8.42 Å². The number of fused-ring (bicyclic) bond motifs is 1. The van der Waals surface area contributed by atoms with Gasteiger partial charge >= 0.3 is 0 Å². The third-order valence-corrected chi connectivity index (χ3v) is 5.14. The van der Waals surface area contributed by atoms with Crippen molar-refractivity contribution in [3.8, 4) is 11.5 Å². The number of methoxy groups -OCH3 is 2. The molecule has 0 unspecified atom stereocenters. The van der Waals surface area contributed by atoms with Crippen LogP contribution in [-0.4, -0.2) is 22.6 Å². The zero-order chi connectivity index (χ0) is 17.2. The van der Waals surface area contributed by atoms with E-state index in [1.807, 2.05) is 12.1 Å². The smallest absolute Gasteiger partial charge is 0.262 e. The first kappa shape index (κ1) is 16.1. The lowest BCUT2D eigenvalue weighted by molar-refractivity contribution is 0.415. The van der Waals surface area contributed by atoms with E-state index in [-0.39, 0.29) is 4.90 Å². The van der Waals surface area contributed by atoms with Crippen LogP contribution < -0.4 is 14.2 Å². The van der Waals surface area contributed by atoms with E-state index in [2.05, 4.69) is 4.72 Å². The van der Waals surface area contributed by atoms with Crippen molar-refractivity contribution in [1.82, 2.24) is 0 Å². The van der Waals surface area contributed by atoms with E-state index in [1.54, 1.807) is 62.8 Å². The maximum absolute atomic E-state index is 12.8. The van der Waals surface area contributed by atoms with Crippen molar-refractivity contribution in [2.45, 2.75) is 4.90 Å². The van der Waals surface area contributed by atoms with E-state index in [9.17, 15) is 8.42 Å². The molecule has 0 aromatic heterocycles. The molecule has 0 saturated carbocycles. The first-order chi connectivity index (χ1) is 11.5. The number of nitrogens with one attached hydrogen (secondary N) is 1. The molecule has 5 nitrogen and oxygen atoms in total. The SMILES string of the molecule is COc1ccc(NS(=O)(=O)c2ccc(OC)c3ccccc23)cc1. The van der Waals surface area contributed by atoms with Gasteiger partial charge in [0.25, 0.3) is 10.0 Å². The van der Waals surface area contributed by atoms with Crippen LogP contribution in [0, 0.1) is 0 Å². The van der Waals surface area contributed by atoms with Crippen LogP contribution in [0.15, 0.2) is 65.6 Å². The second-order valence-electron chi connectivity index (χ2n) is 5.15. The van der Waals surface area contributed by atoms with E-state index in [0.29, 0.717) is 22.6 Å². The van der Waals surface area contributed by atoms with Crippen molar-refractivity contribution in [1.29, 1.82) is 0 Å². The van der Waals surface area contributed by atoms with Gasteiger partial charge in [0, 0.05) is 16.5 Å². The lowest BCUT2D eigenvalue weighted by atomic mass is 10.1. The van der Waals surface area contributed by atoms with Gasteiger partial charge in [-0.05, 0) is 36.4 Å². The van der Waals surface area contributed by atoms with Crippen LogP contribution in [0.2, 0.25) is 0 Å². The zero-order valence-electron chi connectivity index (χ0n) is 13.3. The highest BCUT2D eigenvalue weighted by Crippen LogP contribution is 2.31. The maximum Gasteiger partial charge on any atom is 0.262 e. The van der Waals surface area contributed by atoms with E-state index in [1.165, 1.54) is 0 Å². The summed E-state index contributed by atoms with van der Waals surface area (Å²) in [4.78, 5) is 0.203. The largest absolute Gasteiger partial charge is 0.497 e. The maximum atomic E-state index is 12.8. The first-order valence-corrected chi connectivity index (χ1v) is 8.76. The van der Waals surface area contributed by atoms with E-state index in [0.717, 1.165) is 5.39 Å². The Morgan fingerprint density at radius 3 is 2.08 bits per heavy atom. The molecule has 0 spiro atoms. The average molecular weight is 343 g/mol. The van der Waals surface area contributed by atoms with Crippen molar-refractivity contribution in [3.63, 3.8) is 0 Å². The number of ether oxygens (including phenoxy) is 2. The fraction of sp³-hybridized carbons (Fsp3) is 0.111. The van der Waals surface area contributed by atoms with Gasteiger partial charge in [-0.2, -0.15) is 0 Å². The fourth-order valence-corrected chi connectivity index (χ4v) is 3.80. The predicted molar refractivity (Wildman–Crippen MR) is 94.3 cm³/mol. The van der Waals surface area contributed by atoms with Gasteiger partial charge < -0.3 is 9.47 Å². The topological polar surface area (TPSA) is 64.6 Å². The third-order valence-electron chi connectivity index (χ3n) is 3.70. The summed E-state index contributed by atoms with van der Waals surface area (Å²) in [7, 11) is -0.612. The minimum Gasteiger partial charge on any atom is -0.497 e. The Labute approximate surface area is 140 Å². The number of benzene rings is 3. The summed E-state index contributed by atoms with van der Waals surface area (Å²) in [5.74, 6) is 1.29. The molecule has 0 amide bonds. The molecule has 0 radical (unpaired) electrons. The third kappa shape index (κ3) is 3.00. The van der Waals surface area contributed by atoms with Crippen LogP contribution in [0.1, 0.15) is 0 Å². The summed E-state index contributed by atoms with van der Waals surface area (Å²) in [5.41, 5.74) is 0.468. The van der Waals surface area contributed by atoms with Crippen molar-refractivity contribution < 1.29 is 17.9 Å². The second-order valence-corrected chi connectivity index (χ2v) is 6.80. The molecule has 124 valence electrons. The summed E-state index contributed by atoms with van der Waals surface area (Å²) in [6.07, 6.45) is 0. The Morgan fingerprint density at radius 2 is 1.46 bits per heavy atom. The standard InChI is InChI=1S/C18H17NO4S/c1-22-14-9-7-13(8-10-14)19-24(20,21)18-12-11-17(23-2)15-5-3-4-6-16(15)18/h3-12,19H,1-2H3. The van der Waals surface area contributed by atoms with Gasteiger partial charge in [0.1, 0.15) is 11.5 Å². The molecular weight excluding hydrogens is 326 g/mol. The van der Waals surface area contributed by atoms with Gasteiger partial charge in [-0.3, -0.25) is 4.72 Å². The summed E-state index contributed by atoms with van der Waals surface area (Å²) < 4.78 is 38.6. The Bertz CT molecular complexity index is 966. The Kier molecular flexibility index (Phi) is 4.31. The van der Waals surface area contributed by atoms with Crippen molar-refractivity contribution in [2.24, 2.45) is 0 Å². The molecule has 0 aliphatic carbocycles. The molecule has 3 rings (SSSR count). The van der Waals surface area contributed by atoms with Gasteiger partial charge in [-0.15, -0.1) is 0 Å². The number of rotatable bonds is 5. The van der Waals surface area contributed by atoms with Gasteiger partial charge in [0.2, 0.25) is 0 Å². The van der Waals surface area contributed by atoms with E-state index >= 15 is 0 Å². The summed E-state index contributed by atoms with van der Waals surface area (Å²) in [6, 6.07) is 17.2. The molecule has 3 aromatic carbocycles. The molecule has 3 aromatic rings. The molecule has 0 bridgehead atoms. The minimum atomic E-state index is -3.73. The van der Waals surface area contributed by atoms with E-state index < -0.39 is 10.0 Å². The van der Waals surface area contributed by atoms with Gasteiger partial charge in [0.15, 0.2) is 0 Å². The molecule has 24 heavy (non-hydrogen) atoms. The highest BCUT2D eigenvalue weighted by Gasteiger charge is 2.19. The molecule has 0 aliphatic heterocycles. The predicted octanol–water partition coefficient (Wildman–Crippen LogP) is 3.66. The monoisotopic (exact) mass is 343 g/mol. The number of hydrogen-bond donors (Lipinski definition) is 1. The van der Waals surface area contributed by atoms with Crippen molar-refractivity contribution >= 4 is 26.5 Å². The van der Waals surface area contributed by atoms with E-state index in [4.69, 9.17) is 9.47 Å².